The lowest BCUT2D eigenvalue weighted by atomic mass is 9.89. The molecule has 28 heavy (non-hydrogen) atoms. The van der Waals surface area contributed by atoms with Gasteiger partial charge < -0.3 is 20.1 Å². The largest absolute Gasteiger partial charge is 0.490 e. The molecule has 2 fully saturated rings. The summed E-state index contributed by atoms with van der Waals surface area (Å²) in [7, 11) is 0. The van der Waals surface area contributed by atoms with Crippen LogP contribution < -0.4 is 10.5 Å². The summed E-state index contributed by atoms with van der Waals surface area (Å²) in [5.74, 6) is 1.19. The van der Waals surface area contributed by atoms with E-state index in [4.69, 9.17) is 15.2 Å². The fourth-order valence-corrected chi connectivity index (χ4v) is 4.25. The summed E-state index contributed by atoms with van der Waals surface area (Å²) in [6.07, 6.45) is 2.21. The van der Waals surface area contributed by atoms with Gasteiger partial charge >= 0.3 is 0 Å². The van der Waals surface area contributed by atoms with E-state index in [2.05, 4.69) is 12.1 Å². The third-order valence-corrected chi connectivity index (χ3v) is 5.82. The molecule has 2 N–H and O–H groups in total. The van der Waals surface area contributed by atoms with Gasteiger partial charge in [0.15, 0.2) is 0 Å². The van der Waals surface area contributed by atoms with E-state index in [1.54, 1.807) is 0 Å². The quantitative estimate of drug-likeness (QED) is 0.837. The average Bonchev–Trinajstić information content (AvgIpc) is 3.42. The molecule has 148 valence electrons. The number of benzene rings is 2. The smallest absolute Gasteiger partial charge is 0.257 e. The second kappa shape index (κ2) is 8.76. The predicted molar refractivity (Wildman–Crippen MR) is 109 cm³/mol. The average molecular weight is 380 g/mol. The summed E-state index contributed by atoms with van der Waals surface area (Å²) in [6, 6.07) is 17.9. The van der Waals surface area contributed by atoms with Crippen LogP contribution >= 0.6 is 0 Å². The van der Waals surface area contributed by atoms with Gasteiger partial charge in [0, 0.05) is 25.6 Å². The van der Waals surface area contributed by atoms with Crippen molar-refractivity contribution in [2.75, 3.05) is 32.8 Å². The summed E-state index contributed by atoms with van der Waals surface area (Å²) < 4.78 is 11.6. The van der Waals surface area contributed by atoms with Gasteiger partial charge in [-0.25, -0.2) is 0 Å². The van der Waals surface area contributed by atoms with Crippen LogP contribution in [0.5, 0.6) is 5.75 Å². The van der Waals surface area contributed by atoms with Crippen molar-refractivity contribution in [1.82, 2.24) is 4.90 Å². The predicted octanol–water partition coefficient (Wildman–Crippen LogP) is 3.06. The first-order valence-electron chi connectivity index (χ1n) is 10.1. The Bertz CT molecular complexity index is 789. The summed E-state index contributed by atoms with van der Waals surface area (Å²) in [5, 5.41) is 0. The number of carbonyl (C=O) groups is 1. The molecule has 0 aliphatic carbocycles. The Balaban J connectivity index is 1.48. The van der Waals surface area contributed by atoms with Gasteiger partial charge in [0.05, 0.1) is 11.7 Å². The SMILES string of the molecule is NC[C@@H]1CN(C(=O)c2ccccc2OCC2CCCO2)C[C@H]1c1ccccc1. The van der Waals surface area contributed by atoms with E-state index in [0.717, 1.165) is 19.4 Å². The van der Waals surface area contributed by atoms with E-state index in [1.807, 2.05) is 47.4 Å². The molecule has 2 aromatic rings. The first-order valence-corrected chi connectivity index (χ1v) is 10.1. The van der Waals surface area contributed by atoms with Crippen molar-refractivity contribution >= 4 is 5.91 Å². The third-order valence-electron chi connectivity index (χ3n) is 5.82. The normalized spacial score (nSPS) is 24.5. The molecule has 2 saturated heterocycles. The molecule has 2 aliphatic rings. The van der Waals surface area contributed by atoms with Gasteiger partial charge in [0.2, 0.25) is 0 Å². The molecule has 0 radical (unpaired) electrons. The third kappa shape index (κ3) is 4.05. The highest BCUT2D eigenvalue weighted by atomic mass is 16.5. The van der Waals surface area contributed by atoms with Crippen molar-refractivity contribution in [3.05, 3.63) is 65.7 Å². The van der Waals surface area contributed by atoms with Crippen LogP contribution in [0.1, 0.15) is 34.7 Å². The summed E-state index contributed by atoms with van der Waals surface area (Å²) >= 11 is 0. The van der Waals surface area contributed by atoms with Crippen molar-refractivity contribution in [2.45, 2.75) is 24.9 Å². The summed E-state index contributed by atoms with van der Waals surface area (Å²) in [4.78, 5) is 15.2. The second-order valence-corrected chi connectivity index (χ2v) is 7.67. The van der Waals surface area contributed by atoms with Crippen molar-refractivity contribution in [3.8, 4) is 5.75 Å². The van der Waals surface area contributed by atoms with E-state index in [0.29, 0.717) is 37.6 Å². The topological polar surface area (TPSA) is 64.8 Å². The molecule has 0 spiro atoms. The molecule has 4 rings (SSSR count). The lowest BCUT2D eigenvalue weighted by Crippen LogP contribution is -2.30. The Morgan fingerprint density at radius 2 is 1.89 bits per heavy atom. The molecule has 0 saturated carbocycles. The van der Waals surface area contributed by atoms with E-state index >= 15 is 0 Å². The zero-order chi connectivity index (χ0) is 19.3. The Morgan fingerprint density at radius 1 is 1.11 bits per heavy atom. The first kappa shape index (κ1) is 19.0. The van der Waals surface area contributed by atoms with Crippen LogP contribution in [0.4, 0.5) is 0 Å². The molecule has 2 aliphatic heterocycles. The number of nitrogens with zero attached hydrogens (tertiary/aromatic N) is 1. The molecule has 1 amide bonds. The van der Waals surface area contributed by atoms with E-state index < -0.39 is 0 Å². The Kier molecular flexibility index (Phi) is 5.93. The van der Waals surface area contributed by atoms with E-state index in [-0.39, 0.29) is 23.8 Å². The minimum atomic E-state index is 0.0137. The highest BCUT2D eigenvalue weighted by Gasteiger charge is 2.36. The number of likely N-dealkylation sites (tertiary alicyclic amines) is 1. The maximum atomic E-state index is 13.3. The number of hydrogen-bond acceptors (Lipinski definition) is 4. The zero-order valence-electron chi connectivity index (χ0n) is 16.1. The van der Waals surface area contributed by atoms with Crippen molar-refractivity contribution in [2.24, 2.45) is 11.7 Å². The maximum absolute atomic E-state index is 13.3. The summed E-state index contributed by atoms with van der Waals surface area (Å²) in [5.41, 5.74) is 7.90. The van der Waals surface area contributed by atoms with Crippen LogP contribution in [-0.4, -0.2) is 49.8 Å². The fraction of sp³-hybridized carbons (Fsp3) is 0.435. The van der Waals surface area contributed by atoms with Crippen LogP contribution in [0.3, 0.4) is 0 Å². The van der Waals surface area contributed by atoms with Crippen molar-refractivity contribution in [3.63, 3.8) is 0 Å². The molecule has 0 bridgehead atoms. The first-order chi connectivity index (χ1) is 13.8. The van der Waals surface area contributed by atoms with Crippen LogP contribution in [0.2, 0.25) is 0 Å². The minimum Gasteiger partial charge on any atom is -0.490 e. The Hall–Kier alpha value is -2.37. The number of rotatable bonds is 6. The molecule has 2 heterocycles. The maximum Gasteiger partial charge on any atom is 0.257 e. The van der Waals surface area contributed by atoms with Gasteiger partial charge in [0.1, 0.15) is 12.4 Å². The number of ether oxygens (including phenoxy) is 2. The Labute approximate surface area is 166 Å². The van der Waals surface area contributed by atoms with Crippen molar-refractivity contribution < 1.29 is 14.3 Å². The Morgan fingerprint density at radius 3 is 2.64 bits per heavy atom. The van der Waals surface area contributed by atoms with E-state index in [9.17, 15) is 4.79 Å². The van der Waals surface area contributed by atoms with Crippen LogP contribution in [-0.2, 0) is 4.74 Å². The van der Waals surface area contributed by atoms with Crippen LogP contribution in [0, 0.1) is 5.92 Å². The van der Waals surface area contributed by atoms with Gasteiger partial charge in [-0.2, -0.15) is 0 Å². The van der Waals surface area contributed by atoms with Gasteiger partial charge in [-0.05, 0) is 43.0 Å². The van der Waals surface area contributed by atoms with Gasteiger partial charge in [-0.1, -0.05) is 42.5 Å². The van der Waals surface area contributed by atoms with Gasteiger partial charge in [0.25, 0.3) is 5.91 Å². The number of hydrogen-bond donors (Lipinski definition) is 1. The molecule has 5 heteroatoms. The number of carbonyl (C=O) groups excluding carboxylic acids is 1. The molecule has 0 aromatic heterocycles. The van der Waals surface area contributed by atoms with Gasteiger partial charge in [-0.15, -0.1) is 0 Å². The molecule has 5 nitrogen and oxygen atoms in total. The molecular formula is C23H28N2O3. The second-order valence-electron chi connectivity index (χ2n) is 7.67. The highest BCUT2D eigenvalue weighted by molar-refractivity contribution is 5.97. The number of nitrogens with two attached hydrogens (primary N) is 1. The van der Waals surface area contributed by atoms with Crippen LogP contribution in [0.15, 0.2) is 54.6 Å². The van der Waals surface area contributed by atoms with Gasteiger partial charge in [-0.3, -0.25) is 4.79 Å². The molecular weight excluding hydrogens is 352 g/mol. The standard InChI is InChI=1S/C23H28N2O3/c24-13-18-14-25(15-21(18)17-7-2-1-3-8-17)23(26)20-10-4-5-11-22(20)28-16-19-9-6-12-27-19/h1-5,7-8,10-11,18-19,21H,6,9,12-16,24H2/t18-,19?,21+/m1/s1. The number of amides is 1. The minimum absolute atomic E-state index is 0.0137. The molecule has 3 atom stereocenters. The molecule has 1 unspecified atom stereocenters. The lowest BCUT2D eigenvalue weighted by Gasteiger charge is -2.19. The lowest BCUT2D eigenvalue weighted by molar-refractivity contribution is 0.0656. The molecule has 2 aromatic carbocycles. The zero-order valence-corrected chi connectivity index (χ0v) is 16.1. The summed E-state index contributed by atoms with van der Waals surface area (Å²) in [6.45, 7) is 3.21. The van der Waals surface area contributed by atoms with E-state index in [1.165, 1.54) is 5.56 Å². The fourth-order valence-electron chi connectivity index (χ4n) is 4.25. The van der Waals surface area contributed by atoms with Crippen molar-refractivity contribution in [1.29, 1.82) is 0 Å². The van der Waals surface area contributed by atoms with Crippen LogP contribution in [0.25, 0.3) is 0 Å². The monoisotopic (exact) mass is 380 g/mol. The highest BCUT2D eigenvalue weighted by Crippen LogP contribution is 2.34. The number of para-hydroxylation sites is 1.